The maximum Gasteiger partial charge on any atom is 0.407 e. The van der Waals surface area contributed by atoms with Crippen molar-refractivity contribution in [3.8, 4) is 0 Å². The molecule has 0 spiro atoms. The number of rotatable bonds is 3. The maximum absolute atomic E-state index is 12.0. The van der Waals surface area contributed by atoms with E-state index in [4.69, 9.17) is 5.11 Å². The van der Waals surface area contributed by atoms with Crippen LogP contribution in [-0.4, -0.2) is 35.1 Å². The Hall–Kier alpha value is -2.04. The first-order valence-corrected chi connectivity index (χ1v) is 6.46. The Kier molecular flexibility index (Phi) is 4.39. The molecule has 2 rings (SSSR count). The highest BCUT2D eigenvalue weighted by Crippen LogP contribution is 2.17. The largest absolute Gasteiger partial charge is 0.465 e. The number of piperidine rings is 1. The molecule has 2 amide bonds. The Labute approximate surface area is 112 Å². The van der Waals surface area contributed by atoms with E-state index in [2.05, 4.69) is 5.32 Å². The van der Waals surface area contributed by atoms with Gasteiger partial charge in [-0.1, -0.05) is 30.3 Å². The van der Waals surface area contributed by atoms with Crippen molar-refractivity contribution in [3.05, 3.63) is 35.9 Å². The molecule has 1 saturated heterocycles. The molecule has 1 aliphatic rings. The van der Waals surface area contributed by atoms with Crippen molar-refractivity contribution in [2.75, 3.05) is 13.1 Å². The summed E-state index contributed by atoms with van der Waals surface area (Å²) in [6.07, 6.45) is 0.308. The van der Waals surface area contributed by atoms with Crippen LogP contribution in [-0.2, 0) is 11.3 Å². The number of benzene rings is 1. The molecule has 19 heavy (non-hydrogen) atoms. The zero-order chi connectivity index (χ0) is 13.7. The molecule has 1 aromatic carbocycles. The summed E-state index contributed by atoms with van der Waals surface area (Å²) in [6, 6.07) is 9.74. The monoisotopic (exact) mass is 262 g/mol. The molecule has 0 aliphatic carbocycles. The molecule has 5 heteroatoms. The van der Waals surface area contributed by atoms with Crippen LogP contribution in [0, 0.1) is 5.92 Å². The van der Waals surface area contributed by atoms with Crippen LogP contribution in [0.5, 0.6) is 0 Å². The number of carbonyl (C=O) groups excluding carboxylic acids is 1. The third kappa shape index (κ3) is 3.71. The highest BCUT2D eigenvalue weighted by Gasteiger charge is 2.26. The molecule has 1 fully saturated rings. The second kappa shape index (κ2) is 6.22. The molecular weight excluding hydrogens is 244 g/mol. The Morgan fingerprint density at radius 2 is 1.84 bits per heavy atom. The molecule has 1 aromatic rings. The zero-order valence-electron chi connectivity index (χ0n) is 10.7. The lowest BCUT2D eigenvalue weighted by molar-refractivity contribution is -0.126. The third-order valence-electron chi connectivity index (χ3n) is 3.45. The van der Waals surface area contributed by atoms with Gasteiger partial charge in [0.2, 0.25) is 5.91 Å². The van der Waals surface area contributed by atoms with E-state index in [1.165, 1.54) is 4.90 Å². The quantitative estimate of drug-likeness (QED) is 0.871. The summed E-state index contributed by atoms with van der Waals surface area (Å²) >= 11 is 0. The fourth-order valence-electron chi connectivity index (χ4n) is 2.26. The number of nitrogens with zero attached hydrogens (tertiary/aromatic N) is 1. The summed E-state index contributed by atoms with van der Waals surface area (Å²) in [5.74, 6) is -0.0480. The van der Waals surface area contributed by atoms with Gasteiger partial charge in [0.05, 0.1) is 0 Å². The van der Waals surface area contributed by atoms with Gasteiger partial charge < -0.3 is 15.3 Å². The number of nitrogens with one attached hydrogen (secondary N) is 1. The molecule has 0 radical (unpaired) electrons. The van der Waals surface area contributed by atoms with Crippen molar-refractivity contribution >= 4 is 12.0 Å². The van der Waals surface area contributed by atoms with Crippen LogP contribution in [0.3, 0.4) is 0 Å². The first-order valence-electron chi connectivity index (χ1n) is 6.46. The van der Waals surface area contributed by atoms with Gasteiger partial charge in [0.15, 0.2) is 0 Å². The van der Waals surface area contributed by atoms with Crippen LogP contribution < -0.4 is 5.32 Å². The molecule has 5 nitrogen and oxygen atoms in total. The number of hydrogen-bond acceptors (Lipinski definition) is 2. The van der Waals surface area contributed by atoms with Gasteiger partial charge >= 0.3 is 6.09 Å². The number of amides is 2. The van der Waals surface area contributed by atoms with E-state index < -0.39 is 6.09 Å². The molecule has 102 valence electrons. The van der Waals surface area contributed by atoms with Crippen molar-refractivity contribution in [1.82, 2.24) is 10.2 Å². The summed E-state index contributed by atoms with van der Waals surface area (Å²) < 4.78 is 0. The average molecular weight is 262 g/mol. The summed E-state index contributed by atoms with van der Waals surface area (Å²) in [5.41, 5.74) is 1.07. The first kappa shape index (κ1) is 13.4. The van der Waals surface area contributed by atoms with Gasteiger partial charge in [0.25, 0.3) is 0 Å². The SMILES string of the molecule is O=C(NCc1ccccc1)C1CCN(C(=O)O)CC1. The van der Waals surface area contributed by atoms with Crippen LogP contribution in [0.1, 0.15) is 18.4 Å². The van der Waals surface area contributed by atoms with Crippen LogP contribution in [0.2, 0.25) is 0 Å². The molecule has 0 saturated carbocycles. The highest BCUT2D eigenvalue weighted by atomic mass is 16.4. The molecule has 2 N–H and O–H groups in total. The lowest BCUT2D eigenvalue weighted by Crippen LogP contribution is -2.42. The molecule has 0 unspecified atom stereocenters. The normalized spacial score (nSPS) is 16.1. The van der Waals surface area contributed by atoms with Gasteiger partial charge in [0.1, 0.15) is 0 Å². The predicted octanol–water partition coefficient (Wildman–Crippen LogP) is 1.69. The van der Waals surface area contributed by atoms with Crippen molar-refractivity contribution < 1.29 is 14.7 Å². The molecule has 0 aromatic heterocycles. The van der Waals surface area contributed by atoms with E-state index in [0.717, 1.165) is 5.56 Å². The molecule has 0 atom stereocenters. The van der Waals surface area contributed by atoms with Gasteiger partial charge in [-0.2, -0.15) is 0 Å². The summed E-state index contributed by atoms with van der Waals surface area (Å²) in [6.45, 7) is 1.41. The minimum Gasteiger partial charge on any atom is -0.465 e. The van der Waals surface area contributed by atoms with E-state index in [1.807, 2.05) is 30.3 Å². The second-order valence-electron chi connectivity index (χ2n) is 4.75. The van der Waals surface area contributed by atoms with Crippen LogP contribution in [0.25, 0.3) is 0 Å². The topological polar surface area (TPSA) is 69.6 Å². The van der Waals surface area contributed by atoms with Crippen molar-refractivity contribution in [2.24, 2.45) is 5.92 Å². The molecule has 1 heterocycles. The number of hydrogen-bond donors (Lipinski definition) is 2. The molecular formula is C14H18N2O3. The zero-order valence-corrected chi connectivity index (χ0v) is 10.7. The van der Waals surface area contributed by atoms with Crippen LogP contribution in [0.4, 0.5) is 4.79 Å². The van der Waals surface area contributed by atoms with Gasteiger partial charge in [-0.05, 0) is 18.4 Å². The van der Waals surface area contributed by atoms with Gasteiger partial charge in [-0.15, -0.1) is 0 Å². The minimum absolute atomic E-state index is 0.0221. The standard InChI is InChI=1S/C14H18N2O3/c17-13(15-10-11-4-2-1-3-5-11)12-6-8-16(9-7-12)14(18)19/h1-5,12H,6-10H2,(H,15,17)(H,18,19). The van der Waals surface area contributed by atoms with E-state index in [9.17, 15) is 9.59 Å². The maximum atomic E-state index is 12.0. The van der Waals surface area contributed by atoms with E-state index >= 15 is 0 Å². The smallest absolute Gasteiger partial charge is 0.407 e. The fraction of sp³-hybridized carbons (Fsp3) is 0.429. The van der Waals surface area contributed by atoms with E-state index in [1.54, 1.807) is 0 Å². The number of likely N-dealkylation sites (tertiary alicyclic amines) is 1. The second-order valence-corrected chi connectivity index (χ2v) is 4.75. The Bertz CT molecular complexity index is 439. The summed E-state index contributed by atoms with van der Waals surface area (Å²) in [7, 11) is 0. The number of carboxylic acid groups (broad SMARTS) is 1. The number of carbonyl (C=O) groups is 2. The van der Waals surface area contributed by atoms with Gasteiger partial charge in [0, 0.05) is 25.6 Å². The molecule has 1 aliphatic heterocycles. The van der Waals surface area contributed by atoms with E-state index in [0.29, 0.717) is 32.5 Å². The van der Waals surface area contributed by atoms with Crippen LogP contribution in [0.15, 0.2) is 30.3 Å². The van der Waals surface area contributed by atoms with Crippen molar-refractivity contribution in [2.45, 2.75) is 19.4 Å². The third-order valence-corrected chi connectivity index (χ3v) is 3.45. The van der Waals surface area contributed by atoms with Gasteiger partial charge in [-0.3, -0.25) is 4.79 Å². The summed E-state index contributed by atoms with van der Waals surface area (Å²) in [4.78, 5) is 24.1. The lowest BCUT2D eigenvalue weighted by Gasteiger charge is -2.29. The lowest BCUT2D eigenvalue weighted by atomic mass is 9.96. The minimum atomic E-state index is -0.900. The molecule has 0 bridgehead atoms. The fourth-order valence-corrected chi connectivity index (χ4v) is 2.26. The Balaban J connectivity index is 1.77. The summed E-state index contributed by atoms with van der Waals surface area (Å²) in [5, 5.41) is 11.7. The average Bonchev–Trinajstić information content (AvgIpc) is 2.46. The first-order chi connectivity index (χ1) is 9.16. The van der Waals surface area contributed by atoms with Crippen molar-refractivity contribution in [3.63, 3.8) is 0 Å². The highest BCUT2D eigenvalue weighted by molar-refractivity contribution is 5.79. The Morgan fingerprint density at radius 1 is 1.21 bits per heavy atom. The van der Waals surface area contributed by atoms with E-state index in [-0.39, 0.29) is 11.8 Å². The van der Waals surface area contributed by atoms with Crippen LogP contribution >= 0.6 is 0 Å². The predicted molar refractivity (Wildman–Crippen MR) is 70.6 cm³/mol. The Morgan fingerprint density at radius 3 is 2.42 bits per heavy atom. The van der Waals surface area contributed by atoms with Crippen molar-refractivity contribution in [1.29, 1.82) is 0 Å². The van der Waals surface area contributed by atoms with Gasteiger partial charge in [-0.25, -0.2) is 4.79 Å².